The van der Waals surface area contributed by atoms with Crippen LogP contribution in [0.4, 0.5) is 0 Å². The van der Waals surface area contributed by atoms with Gasteiger partial charge in [-0.05, 0) is 44.9 Å². The lowest BCUT2D eigenvalue weighted by Gasteiger charge is -2.27. The van der Waals surface area contributed by atoms with Crippen LogP contribution < -0.4 is 0 Å². The molecule has 1 saturated heterocycles. The van der Waals surface area contributed by atoms with Gasteiger partial charge in [-0.2, -0.15) is 0 Å². The first-order chi connectivity index (χ1) is 8.28. The van der Waals surface area contributed by atoms with Crippen molar-refractivity contribution in [3.05, 3.63) is 36.3 Å². The number of ether oxygens (including phenoxy) is 2. The van der Waals surface area contributed by atoms with Crippen LogP contribution in [0.25, 0.3) is 0 Å². The predicted octanol–water partition coefficient (Wildman–Crippen LogP) is 3.42. The second-order valence-electron chi connectivity index (χ2n) is 5.25. The Morgan fingerprint density at radius 2 is 2.24 bits per heavy atom. The van der Waals surface area contributed by atoms with Crippen LogP contribution in [0.15, 0.2) is 36.3 Å². The average Bonchev–Trinajstić information content (AvgIpc) is 2.95. The molecule has 0 N–H and O–H groups in total. The number of hydrogen-bond donors (Lipinski definition) is 0. The fourth-order valence-corrected chi connectivity index (χ4v) is 3.82. The van der Waals surface area contributed by atoms with Gasteiger partial charge in [0.1, 0.15) is 18.0 Å². The van der Waals surface area contributed by atoms with Crippen LogP contribution in [0, 0.1) is 17.8 Å². The highest BCUT2D eigenvalue weighted by Crippen LogP contribution is 2.58. The summed E-state index contributed by atoms with van der Waals surface area (Å²) in [7, 11) is 0. The largest absolute Gasteiger partial charge is 0.491 e. The first-order valence-electron chi connectivity index (χ1n) is 6.56. The van der Waals surface area contributed by atoms with Crippen molar-refractivity contribution in [1.29, 1.82) is 0 Å². The minimum Gasteiger partial charge on any atom is -0.491 e. The summed E-state index contributed by atoms with van der Waals surface area (Å²) in [5, 5.41) is 0. The van der Waals surface area contributed by atoms with Gasteiger partial charge in [0.15, 0.2) is 0 Å². The third-order valence-corrected chi connectivity index (χ3v) is 4.54. The second-order valence-corrected chi connectivity index (χ2v) is 5.25. The van der Waals surface area contributed by atoms with E-state index in [4.69, 9.17) is 9.47 Å². The van der Waals surface area contributed by atoms with Crippen molar-refractivity contribution in [3.63, 3.8) is 0 Å². The minimum absolute atomic E-state index is 0.234. The Hall–Kier alpha value is -1.18. The van der Waals surface area contributed by atoms with Gasteiger partial charge in [-0.15, -0.1) is 0 Å². The van der Waals surface area contributed by atoms with Crippen LogP contribution in [0.1, 0.15) is 26.7 Å². The lowest BCUT2D eigenvalue weighted by atomic mass is 9.87. The molecule has 2 nitrogen and oxygen atoms in total. The Kier molecular flexibility index (Phi) is 2.53. The van der Waals surface area contributed by atoms with E-state index < -0.39 is 0 Å². The Morgan fingerprint density at radius 3 is 2.88 bits per heavy atom. The van der Waals surface area contributed by atoms with E-state index in [1.165, 1.54) is 18.6 Å². The quantitative estimate of drug-likeness (QED) is 0.548. The Balaban J connectivity index is 1.80. The molecule has 0 spiro atoms. The zero-order chi connectivity index (χ0) is 12.0. The standard InChI is InChI=1S/C15H20O2/c1-4-10(5-2)16-14-9-7-11-12(8-9)15(14)17-13(11)6-3/h4-6,9,11-12,14-15H,1,7-8H2,2-3H3. The molecule has 3 fully saturated rings. The van der Waals surface area contributed by atoms with E-state index in [-0.39, 0.29) is 12.2 Å². The second kappa shape index (κ2) is 3.94. The number of allylic oxidation sites excluding steroid dienone is 4. The van der Waals surface area contributed by atoms with E-state index in [0.29, 0.717) is 17.8 Å². The zero-order valence-corrected chi connectivity index (χ0v) is 10.6. The molecule has 2 heteroatoms. The summed E-state index contributed by atoms with van der Waals surface area (Å²) < 4.78 is 12.1. The van der Waals surface area contributed by atoms with Crippen molar-refractivity contribution >= 4 is 0 Å². The van der Waals surface area contributed by atoms with E-state index in [2.05, 4.69) is 19.6 Å². The van der Waals surface area contributed by atoms with Crippen LogP contribution in [-0.2, 0) is 9.47 Å². The molecule has 2 bridgehead atoms. The van der Waals surface area contributed by atoms with Crippen molar-refractivity contribution in [2.45, 2.75) is 38.9 Å². The summed E-state index contributed by atoms with van der Waals surface area (Å²) in [6, 6.07) is 0. The first-order valence-corrected chi connectivity index (χ1v) is 6.56. The van der Waals surface area contributed by atoms with E-state index in [9.17, 15) is 0 Å². The summed E-state index contributed by atoms with van der Waals surface area (Å²) in [5.74, 6) is 4.12. The van der Waals surface area contributed by atoms with Crippen LogP contribution in [0.2, 0.25) is 0 Å². The Labute approximate surface area is 103 Å². The van der Waals surface area contributed by atoms with Crippen molar-refractivity contribution < 1.29 is 9.47 Å². The lowest BCUT2D eigenvalue weighted by Crippen LogP contribution is -2.33. The number of fused-ring (bicyclic) bond motifs is 1. The van der Waals surface area contributed by atoms with Crippen LogP contribution in [0.5, 0.6) is 0 Å². The van der Waals surface area contributed by atoms with Crippen LogP contribution >= 0.6 is 0 Å². The molecule has 2 aliphatic carbocycles. The van der Waals surface area contributed by atoms with Crippen molar-refractivity contribution in [2.75, 3.05) is 0 Å². The summed E-state index contributed by atoms with van der Waals surface area (Å²) in [6.07, 6.45) is 8.91. The van der Waals surface area contributed by atoms with Crippen LogP contribution in [0.3, 0.4) is 0 Å². The third kappa shape index (κ3) is 1.46. The molecule has 0 radical (unpaired) electrons. The van der Waals surface area contributed by atoms with Gasteiger partial charge in [-0.1, -0.05) is 6.58 Å². The molecular formula is C15H20O2. The third-order valence-electron chi connectivity index (χ3n) is 4.54. The molecule has 92 valence electrons. The van der Waals surface area contributed by atoms with Crippen LogP contribution in [-0.4, -0.2) is 12.2 Å². The molecule has 2 saturated carbocycles. The summed E-state index contributed by atoms with van der Waals surface area (Å²) in [6.45, 7) is 7.84. The minimum atomic E-state index is 0.234. The molecule has 0 amide bonds. The molecule has 1 heterocycles. The monoisotopic (exact) mass is 232 g/mol. The van der Waals surface area contributed by atoms with Gasteiger partial charge in [-0.3, -0.25) is 0 Å². The van der Waals surface area contributed by atoms with Crippen molar-refractivity contribution in [1.82, 2.24) is 0 Å². The fraction of sp³-hybridized carbons (Fsp3) is 0.600. The predicted molar refractivity (Wildman–Crippen MR) is 67.2 cm³/mol. The van der Waals surface area contributed by atoms with Crippen molar-refractivity contribution in [3.8, 4) is 0 Å². The van der Waals surface area contributed by atoms with Gasteiger partial charge >= 0.3 is 0 Å². The maximum absolute atomic E-state index is 6.07. The lowest BCUT2D eigenvalue weighted by molar-refractivity contribution is -0.0135. The van der Waals surface area contributed by atoms with Gasteiger partial charge in [0, 0.05) is 17.8 Å². The maximum atomic E-state index is 6.07. The highest BCUT2D eigenvalue weighted by atomic mass is 16.6. The molecular weight excluding hydrogens is 212 g/mol. The molecule has 17 heavy (non-hydrogen) atoms. The number of hydrogen-bond acceptors (Lipinski definition) is 2. The molecule has 1 aliphatic heterocycles. The summed E-state index contributed by atoms with van der Waals surface area (Å²) >= 11 is 0. The summed E-state index contributed by atoms with van der Waals surface area (Å²) in [4.78, 5) is 0. The molecule has 0 aromatic carbocycles. The first kappa shape index (κ1) is 10.9. The van der Waals surface area contributed by atoms with Gasteiger partial charge < -0.3 is 9.47 Å². The molecule has 5 unspecified atom stereocenters. The van der Waals surface area contributed by atoms with E-state index in [0.717, 1.165) is 5.76 Å². The molecule has 0 aromatic heterocycles. The van der Waals surface area contributed by atoms with Gasteiger partial charge in [0.05, 0.1) is 5.76 Å². The van der Waals surface area contributed by atoms with Gasteiger partial charge in [0.25, 0.3) is 0 Å². The average molecular weight is 232 g/mol. The molecule has 3 aliphatic rings. The van der Waals surface area contributed by atoms with Crippen molar-refractivity contribution in [2.24, 2.45) is 17.8 Å². The Morgan fingerprint density at radius 1 is 1.41 bits per heavy atom. The SMILES string of the molecule is C=CC(=CC)OC1C2CC3C(=CC)OC1C3C2. The normalized spacial score (nSPS) is 45.2. The van der Waals surface area contributed by atoms with E-state index in [1.54, 1.807) is 6.08 Å². The molecule has 3 rings (SSSR count). The zero-order valence-electron chi connectivity index (χ0n) is 10.6. The van der Waals surface area contributed by atoms with E-state index >= 15 is 0 Å². The van der Waals surface area contributed by atoms with E-state index in [1.807, 2.05) is 13.0 Å². The highest BCUT2D eigenvalue weighted by Gasteiger charge is 2.60. The summed E-state index contributed by atoms with van der Waals surface area (Å²) in [5.41, 5.74) is 0. The van der Waals surface area contributed by atoms with Gasteiger partial charge in [0.2, 0.25) is 0 Å². The Bertz CT molecular complexity index is 394. The topological polar surface area (TPSA) is 18.5 Å². The fourth-order valence-electron chi connectivity index (χ4n) is 3.82. The smallest absolute Gasteiger partial charge is 0.139 e. The van der Waals surface area contributed by atoms with Gasteiger partial charge in [-0.25, -0.2) is 0 Å². The highest BCUT2D eigenvalue weighted by molar-refractivity contribution is 5.20. The molecule has 5 atom stereocenters. The molecule has 0 aromatic rings. The maximum Gasteiger partial charge on any atom is 0.139 e. The number of rotatable bonds is 3.